The van der Waals surface area contributed by atoms with Crippen LogP contribution in [0.15, 0.2) is 0 Å². The van der Waals surface area contributed by atoms with Gasteiger partial charge >= 0.3 is 5.97 Å². The second-order valence-electron chi connectivity index (χ2n) is 3.70. The number of carboxylic acid groups (broad SMARTS) is 1. The first-order valence-corrected chi connectivity index (χ1v) is 5.84. The van der Waals surface area contributed by atoms with Crippen molar-refractivity contribution in [1.82, 2.24) is 4.90 Å². The number of hydrogen-bond acceptors (Lipinski definition) is 3. The summed E-state index contributed by atoms with van der Waals surface area (Å²) in [6.45, 7) is 2.15. The summed E-state index contributed by atoms with van der Waals surface area (Å²) in [7, 11) is 0. The Bertz CT molecular complexity index is 274. The van der Waals surface area contributed by atoms with Crippen LogP contribution in [-0.4, -0.2) is 45.6 Å². The van der Waals surface area contributed by atoms with E-state index >= 15 is 0 Å². The fourth-order valence-corrected chi connectivity index (χ4v) is 2.15. The zero-order valence-corrected chi connectivity index (χ0v) is 10.0. The number of aliphatic carboxylic acids is 1. The Morgan fingerprint density at radius 2 is 2.27 bits per heavy atom. The number of likely N-dealkylation sites (tertiary alicyclic amines) is 1. The number of halogens is 1. The van der Waals surface area contributed by atoms with Crippen molar-refractivity contribution in [2.24, 2.45) is 5.92 Å². The second-order valence-corrected chi connectivity index (χ2v) is 4.63. The molecule has 15 heavy (non-hydrogen) atoms. The summed E-state index contributed by atoms with van der Waals surface area (Å²) in [5.74, 6) is -1.07. The first-order chi connectivity index (χ1) is 6.99. The summed E-state index contributed by atoms with van der Waals surface area (Å²) in [5, 5.41) is 8.47. The Morgan fingerprint density at radius 1 is 1.67 bits per heavy atom. The van der Waals surface area contributed by atoms with Gasteiger partial charge in [-0.25, -0.2) is 4.79 Å². The number of rotatable bonds is 3. The van der Waals surface area contributed by atoms with Crippen molar-refractivity contribution in [3.05, 3.63) is 0 Å². The van der Waals surface area contributed by atoms with Gasteiger partial charge in [0.05, 0.1) is 5.38 Å². The van der Waals surface area contributed by atoms with E-state index in [1.54, 1.807) is 6.92 Å². The lowest BCUT2D eigenvalue weighted by molar-refractivity contribution is -0.149. The highest BCUT2D eigenvalue weighted by Crippen LogP contribution is 2.25. The van der Waals surface area contributed by atoms with Gasteiger partial charge in [0.1, 0.15) is 6.04 Å². The Hall–Kier alpha value is -0.420. The maximum absolute atomic E-state index is 11.8. The highest BCUT2D eigenvalue weighted by Gasteiger charge is 2.41. The molecule has 0 aliphatic carbocycles. The van der Waals surface area contributed by atoms with E-state index in [-0.39, 0.29) is 11.8 Å². The molecule has 0 aromatic rings. The molecule has 1 heterocycles. The van der Waals surface area contributed by atoms with Gasteiger partial charge in [0.25, 0.3) is 0 Å². The Kier molecular flexibility index (Phi) is 4.28. The van der Waals surface area contributed by atoms with Gasteiger partial charge in [-0.05, 0) is 6.42 Å². The number of alkyl halides is 1. The van der Waals surface area contributed by atoms with Crippen LogP contribution in [0.5, 0.6) is 0 Å². The quantitative estimate of drug-likeness (QED) is 0.578. The third kappa shape index (κ3) is 2.58. The predicted octanol–water partition coefficient (Wildman–Crippen LogP) is 0.845. The Morgan fingerprint density at radius 3 is 2.73 bits per heavy atom. The van der Waals surface area contributed by atoms with Crippen molar-refractivity contribution >= 4 is 36.1 Å². The lowest BCUT2D eigenvalue weighted by Crippen LogP contribution is -2.46. The fourth-order valence-electron chi connectivity index (χ4n) is 1.65. The maximum Gasteiger partial charge on any atom is 0.327 e. The molecule has 1 fully saturated rings. The molecule has 0 aromatic carbocycles. The minimum Gasteiger partial charge on any atom is -0.480 e. The Balaban J connectivity index is 2.77. The molecule has 0 saturated carbocycles. The minimum absolute atomic E-state index is 0.180. The second kappa shape index (κ2) is 5.07. The molecule has 1 aliphatic rings. The van der Waals surface area contributed by atoms with Gasteiger partial charge in [-0.3, -0.25) is 4.79 Å². The zero-order valence-electron chi connectivity index (χ0n) is 8.39. The van der Waals surface area contributed by atoms with Crippen molar-refractivity contribution in [2.75, 3.05) is 12.3 Å². The fraction of sp³-hybridized carbons (Fsp3) is 0.778. The van der Waals surface area contributed by atoms with Crippen molar-refractivity contribution in [1.29, 1.82) is 0 Å². The predicted molar refractivity (Wildman–Crippen MR) is 60.4 cm³/mol. The lowest BCUT2D eigenvalue weighted by Gasteiger charge is -2.25. The van der Waals surface area contributed by atoms with Gasteiger partial charge in [-0.1, -0.05) is 6.92 Å². The molecule has 1 unspecified atom stereocenters. The van der Waals surface area contributed by atoms with E-state index in [0.29, 0.717) is 18.7 Å². The number of amides is 1. The van der Waals surface area contributed by atoms with Crippen molar-refractivity contribution in [3.8, 4) is 0 Å². The SMILES string of the molecule is CC(CS)C(=O)N1CC[C@@H](Cl)[C@H]1C(=O)O. The molecule has 1 amide bonds. The Labute approximate surface area is 99.0 Å². The molecule has 1 rings (SSSR count). The number of hydrogen-bond donors (Lipinski definition) is 2. The average molecular weight is 252 g/mol. The van der Waals surface area contributed by atoms with E-state index in [1.165, 1.54) is 4.90 Å². The summed E-state index contributed by atoms with van der Waals surface area (Å²) in [4.78, 5) is 24.1. The normalized spacial score (nSPS) is 27.8. The zero-order chi connectivity index (χ0) is 11.6. The molecule has 0 bridgehead atoms. The molecule has 0 spiro atoms. The van der Waals surface area contributed by atoms with Crippen LogP contribution in [0.1, 0.15) is 13.3 Å². The van der Waals surface area contributed by atoms with Crippen molar-refractivity contribution in [2.45, 2.75) is 24.8 Å². The largest absolute Gasteiger partial charge is 0.480 e. The molecule has 3 atom stereocenters. The number of nitrogens with zero attached hydrogens (tertiary/aromatic N) is 1. The first kappa shape index (κ1) is 12.6. The number of carboxylic acids is 1. The smallest absolute Gasteiger partial charge is 0.327 e. The molecule has 0 aromatic heterocycles. The third-order valence-electron chi connectivity index (χ3n) is 2.56. The van der Waals surface area contributed by atoms with Crippen molar-refractivity contribution < 1.29 is 14.7 Å². The van der Waals surface area contributed by atoms with Gasteiger partial charge < -0.3 is 10.0 Å². The van der Waals surface area contributed by atoms with Crippen molar-refractivity contribution in [3.63, 3.8) is 0 Å². The summed E-state index contributed by atoms with van der Waals surface area (Å²) in [6, 6.07) is -0.888. The van der Waals surface area contributed by atoms with E-state index in [9.17, 15) is 9.59 Å². The van der Waals surface area contributed by atoms with E-state index in [4.69, 9.17) is 16.7 Å². The van der Waals surface area contributed by atoms with Crippen LogP contribution < -0.4 is 0 Å². The van der Waals surface area contributed by atoms with E-state index in [0.717, 1.165) is 0 Å². The molecule has 1 aliphatic heterocycles. The van der Waals surface area contributed by atoms with Gasteiger partial charge in [-0.2, -0.15) is 12.6 Å². The molecule has 86 valence electrons. The minimum atomic E-state index is -1.03. The molecular weight excluding hydrogens is 238 g/mol. The molecule has 4 nitrogen and oxygen atoms in total. The van der Waals surface area contributed by atoms with E-state index in [1.807, 2.05) is 0 Å². The summed E-state index contributed by atoms with van der Waals surface area (Å²) in [5.41, 5.74) is 0. The van der Waals surface area contributed by atoms with Crippen LogP contribution in [0.25, 0.3) is 0 Å². The summed E-state index contributed by atoms with van der Waals surface area (Å²) < 4.78 is 0. The molecule has 6 heteroatoms. The molecular formula is C9H14ClNO3S. The monoisotopic (exact) mass is 251 g/mol. The first-order valence-electron chi connectivity index (χ1n) is 4.77. The summed E-state index contributed by atoms with van der Waals surface area (Å²) in [6.07, 6.45) is 0.531. The van der Waals surface area contributed by atoms with Crippen LogP contribution in [0.2, 0.25) is 0 Å². The van der Waals surface area contributed by atoms with Gasteiger partial charge in [0.15, 0.2) is 0 Å². The molecule has 0 radical (unpaired) electrons. The van der Waals surface area contributed by atoms with Crippen LogP contribution >= 0.6 is 24.2 Å². The lowest BCUT2D eigenvalue weighted by atomic mass is 10.1. The van der Waals surface area contributed by atoms with Crippen LogP contribution in [0, 0.1) is 5.92 Å². The summed E-state index contributed by atoms with van der Waals surface area (Å²) >= 11 is 9.89. The number of carbonyl (C=O) groups is 2. The van der Waals surface area contributed by atoms with Crippen LogP contribution in [-0.2, 0) is 9.59 Å². The van der Waals surface area contributed by atoms with Crippen LogP contribution in [0.4, 0.5) is 0 Å². The molecule has 1 N–H and O–H groups in total. The number of carbonyl (C=O) groups excluding carboxylic acids is 1. The highest BCUT2D eigenvalue weighted by molar-refractivity contribution is 7.80. The van der Waals surface area contributed by atoms with Gasteiger partial charge in [0.2, 0.25) is 5.91 Å². The molecule has 1 saturated heterocycles. The standard InChI is InChI=1S/C9H14ClNO3S/c1-5(4-15)8(12)11-3-2-6(10)7(11)9(13)14/h5-7,15H,2-4H2,1H3,(H,13,14)/t5?,6-,7+/m1/s1. The third-order valence-corrected chi connectivity index (χ3v) is 3.56. The highest BCUT2D eigenvalue weighted by atomic mass is 35.5. The van der Waals surface area contributed by atoms with Gasteiger partial charge in [-0.15, -0.1) is 11.6 Å². The number of thiol groups is 1. The average Bonchev–Trinajstić information content (AvgIpc) is 2.57. The van der Waals surface area contributed by atoms with E-state index in [2.05, 4.69) is 12.6 Å². The van der Waals surface area contributed by atoms with Gasteiger partial charge in [0, 0.05) is 18.2 Å². The van der Waals surface area contributed by atoms with E-state index < -0.39 is 17.4 Å². The maximum atomic E-state index is 11.8. The topological polar surface area (TPSA) is 57.6 Å². The van der Waals surface area contributed by atoms with Crippen LogP contribution in [0.3, 0.4) is 0 Å².